The zero-order valence-electron chi connectivity index (χ0n) is 13.1. The molecule has 9 heteroatoms. The molecule has 0 aromatic carbocycles. The smallest absolute Gasteiger partial charge is 0.235 e. The summed E-state index contributed by atoms with van der Waals surface area (Å²) in [5, 5.41) is 8.54. The van der Waals surface area contributed by atoms with E-state index >= 15 is 0 Å². The molecule has 128 valence electrons. The van der Waals surface area contributed by atoms with E-state index in [0.29, 0.717) is 6.54 Å². The molecule has 1 rings (SSSR count). The molecule has 1 fully saturated rings. The third kappa shape index (κ3) is 8.30. The van der Waals surface area contributed by atoms with E-state index < -0.39 is 15.9 Å². The van der Waals surface area contributed by atoms with Crippen molar-refractivity contribution >= 4 is 21.8 Å². The van der Waals surface area contributed by atoms with E-state index in [1.807, 2.05) is 0 Å². The largest absolute Gasteiger partial charge is 0.355 e. The Labute approximate surface area is 131 Å². The summed E-state index contributed by atoms with van der Waals surface area (Å²) in [4.78, 5) is 23.0. The Morgan fingerprint density at radius 2 is 2.00 bits per heavy atom. The normalized spacial score (nSPS) is 18.4. The van der Waals surface area contributed by atoms with E-state index in [2.05, 4.69) is 20.7 Å². The molecule has 4 N–H and O–H groups in total. The van der Waals surface area contributed by atoms with Crippen LogP contribution in [0.15, 0.2) is 0 Å². The van der Waals surface area contributed by atoms with Crippen LogP contribution in [0.1, 0.15) is 33.1 Å². The molecule has 1 aliphatic heterocycles. The molecule has 2 amide bonds. The van der Waals surface area contributed by atoms with Crippen molar-refractivity contribution in [2.45, 2.75) is 45.2 Å². The zero-order chi connectivity index (χ0) is 16.6. The van der Waals surface area contributed by atoms with E-state index in [4.69, 9.17) is 0 Å². The Kier molecular flexibility index (Phi) is 7.77. The first-order valence-corrected chi connectivity index (χ1v) is 9.20. The first-order chi connectivity index (χ1) is 10.3. The van der Waals surface area contributed by atoms with Gasteiger partial charge in [-0.05, 0) is 33.2 Å². The van der Waals surface area contributed by atoms with Gasteiger partial charge in [0.25, 0.3) is 0 Å². The number of carbonyl (C=O) groups is 2. The van der Waals surface area contributed by atoms with Gasteiger partial charge in [0.15, 0.2) is 0 Å². The minimum Gasteiger partial charge on any atom is -0.355 e. The highest BCUT2D eigenvalue weighted by molar-refractivity contribution is 7.89. The third-order valence-corrected chi connectivity index (χ3v) is 4.53. The van der Waals surface area contributed by atoms with Gasteiger partial charge in [-0.3, -0.25) is 9.59 Å². The van der Waals surface area contributed by atoms with Crippen LogP contribution >= 0.6 is 0 Å². The number of hydrogen-bond donors (Lipinski definition) is 4. The van der Waals surface area contributed by atoms with Crippen molar-refractivity contribution in [3.63, 3.8) is 0 Å². The summed E-state index contributed by atoms with van der Waals surface area (Å²) >= 11 is 0. The van der Waals surface area contributed by atoms with Gasteiger partial charge in [-0.25, -0.2) is 13.1 Å². The molecule has 1 unspecified atom stereocenters. The lowest BCUT2D eigenvalue weighted by Gasteiger charge is -2.12. The number of sulfonamides is 1. The van der Waals surface area contributed by atoms with Gasteiger partial charge in [0.1, 0.15) is 0 Å². The van der Waals surface area contributed by atoms with E-state index in [-0.39, 0.29) is 36.7 Å². The van der Waals surface area contributed by atoms with Crippen LogP contribution in [0.2, 0.25) is 0 Å². The topological polar surface area (TPSA) is 116 Å². The van der Waals surface area contributed by atoms with Gasteiger partial charge < -0.3 is 16.0 Å². The summed E-state index contributed by atoms with van der Waals surface area (Å²) in [6.45, 7) is 4.74. The molecule has 0 bridgehead atoms. The average molecular weight is 334 g/mol. The second-order valence-corrected chi connectivity index (χ2v) is 7.64. The number of carbonyl (C=O) groups excluding carboxylic acids is 2. The Morgan fingerprint density at radius 1 is 1.27 bits per heavy atom. The van der Waals surface area contributed by atoms with Crippen LogP contribution in [0, 0.1) is 0 Å². The molecular formula is C13H26N4O4S. The summed E-state index contributed by atoms with van der Waals surface area (Å²) in [6.07, 6.45) is 2.00. The Hall–Kier alpha value is -1.19. The van der Waals surface area contributed by atoms with Crippen LogP contribution in [-0.2, 0) is 19.6 Å². The van der Waals surface area contributed by atoms with Gasteiger partial charge in [0.05, 0.1) is 12.3 Å². The molecule has 1 saturated heterocycles. The van der Waals surface area contributed by atoms with Crippen molar-refractivity contribution < 1.29 is 18.0 Å². The molecule has 1 heterocycles. The maximum absolute atomic E-state index is 11.7. The van der Waals surface area contributed by atoms with Crippen molar-refractivity contribution in [3.8, 4) is 0 Å². The molecule has 0 radical (unpaired) electrons. The lowest BCUT2D eigenvalue weighted by atomic mass is 10.2. The third-order valence-electron chi connectivity index (χ3n) is 3.21. The fraction of sp³-hybridized carbons (Fsp3) is 0.846. The summed E-state index contributed by atoms with van der Waals surface area (Å²) in [5.41, 5.74) is 0. The lowest BCUT2D eigenvalue weighted by Crippen LogP contribution is -2.41. The van der Waals surface area contributed by atoms with Gasteiger partial charge in [-0.2, -0.15) is 0 Å². The van der Waals surface area contributed by atoms with E-state index in [0.717, 1.165) is 19.4 Å². The predicted octanol–water partition coefficient (Wildman–Crippen LogP) is -1.31. The first kappa shape index (κ1) is 18.9. The van der Waals surface area contributed by atoms with E-state index in [1.54, 1.807) is 13.8 Å². The van der Waals surface area contributed by atoms with Crippen LogP contribution in [0.4, 0.5) is 0 Å². The van der Waals surface area contributed by atoms with Crippen molar-refractivity contribution in [3.05, 3.63) is 0 Å². The minimum atomic E-state index is -3.63. The second-order valence-electron chi connectivity index (χ2n) is 5.71. The monoisotopic (exact) mass is 334 g/mol. The summed E-state index contributed by atoms with van der Waals surface area (Å²) < 4.78 is 25.6. The van der Waals surface area contributed by atoms with Crippen molar-refractivity contribution in [2.24, 2.45) is 0 Å². The van der Waals surface area contributed by atoms with E-state index in [9.17, 15) is 18.0 Å². The molecular weight excluding hydrogens is 308 g/mol. The maximum Gasteiger partial charge on any atom is 0.235 e. The standard InChI is InChI=1S/C13H26N4O4S/c1-10(2)17-13(19)9-16-22(20,21)7-5-12(18)15-8-11-4-3-6-14-11/h10-11,14,16H,3-9H2,1-2H3,(H,15,18)(H,17,19). The van der Waals surface area contributed by atoms with Crippen LogP contribution < -0.4 is 20.7 Å². The number of hydrogen-bond acceptors (Lipinski definition) is 5. The Bertz CT molecular complexity index is 472. The molecule has 0 aromatic rings. The van der Waals surface area contributed by atoms with Crippen LogP contribution in [0.25, 0.3) is 0 Å². The van der Waals surface area contributed by atoms with Crippen LogP contribution in [0.5, 0.6) is 0 Å². The van der Waals surface area contributed by atoms with Crippen molar-refractivity contribution in [1.29, 1.82) is 0 Å². The second kappa shape index (κ2) is 9.06. The van der Waals surface area contributed by atoms with Crippen LogP contribution in [0.3, 0.4) is 0 Å². The van der Waals surface area contributed by atoms with Crippen LogP contribution in [-0.4, -0.2) is 57.7 Å². The fourth-order valence-corrected chi connectivity index (χ4v) is 3.05. The zero-order valence-corrected chi connectivity index (χ0v) is 14.0. The first-order valence-electron chi connectivity index (χ1n) is 7.55. The molecule has 0 saturated carbocycles. The highest BCUT2D eigenvalue weighted by atomic mass is 32.2. The summed E-state index contributed by atoms with van der Waals surface area (Å²) in [6, 6.07) is 0.227. The maximum atomic E-state index is 11.7. The highest BCUT2D eigenvalue weighted by Gasteiger charge is 2.17. The van der Waals surface area contributed by atoms with Gasteiger partial charge in [0.2, 0.25) is 21.8 Å². The van der Waals surface area contributed by atoms with Crippen molar-refractivity contribution in [1.82, 2.24) is 20.7 Å². The van der Waals surface area contributed by atoms with Gasteiger partial charge in [0, 0.05) is 25.0 Å². The fourth-order valence-electron chi connectivity index (χ4n) is 2.10. The Morgan fingerprint density at radius 3 is 2.59 bits per heavy atom. The predicted molar refractivity (Wildman–Crippen MR) is 83.7 cm³/mol. The van der Waals surface area contributed by atoms with Gasteiger partial charge in [-0.1, -0.05) is 0 Å². The number of amides is 2. The van der Waals surface area contributed by atoms with Gasteiger partial charge >= 0.3 is 0 Å². The number of nitrogens with one attached hydrogen (secondary N) is 4. The molecule has 8 nitrogen and oxygen atoms in total. The minimum absolute atomic E-state index is 0.0491. The SMILES string of the molecule is CC(C)NC(=O)CNS(=O)(=O)CCC(=O)NCC1CCCN1. The lowest BCUT2D eigenvalue weighted by molar-refractivity contribution is -0.121. The molecule has 0 aromatic heterocycles. The van der Waals surface area contributed by atoms with E-state index in [1.165, 1.54) is 0 Å². The molecule has 0 spiro atoms. The Balaban J connectivity index is 2.20. The average Bonchev–Trinajstić information content (AvgIpc) is 2.93. The molecule has 0 aliphatic carbocycles. The van der Waals surface area contributed by atoms with Gasteiger partial charge in [-0.15, -0.1) is 0 Å². The summed E-state index contributed by atoms with van der Waals surface area (Å²) in [5.74, 6) is -1.02. The van der Waals surface area contributed by atoms with Crippen molar-refractivity contribution in [2.75, 3.05) is 25.4 Å². The quantitative estimate of drug-likeness (QED) is 0.418. The molecule has 1 atom stereocenters. The molecule has 22 heavy (non-hydrogen) atoms. The number of rotatable bonds is 9. The highest BCUT2D eigenvalue weighted by Crippen LogP contribution is 2.03. The molecule has 1 aliphatic rings. The summed E-state index contributed by atoms with van der Waals surface area (Å²) in [7, 11) is -3.63.